The van der Waals surface area contributed by atoms with E-state index < -0.39 is 0 Å². The fraction of sp³-hybridized carbons (Fsp3) is 1.00. The third kappa shape index (κ3) is 2.50. The lowest BCUT2D eigenvalue weighted by molar-refractivity contribution is 0.0599. The van der Waals surface area contributed by atoms with Crippen LogP contribution in [0.2, 0.25) is 0 Å². The normalized spacial score (nSPS) is 34.4. The van der Waals surface area contributed by atoms with Gasteiger partial charge in [0.25, 0.3) is 0 Å². The first-order valence-corrected chi connectivity index (χ1v) is 6.77. The average Bonchev–Trinajstić information content (AvgIpc) is 2.98. The third-order valence-electron chi connectivity index (χ3n) is 4.84. The van der Waals surface area contributed by atoms with E-state index in [4.69, 9.17) is 10.5 Å². The Kier molecular flexibility index (Phi) is 4.08. The Morgan fingerprint density at radius 1 is 1.41 bits per heavy atom. The van der Waals surface area contributed by atoms with Gasteiger partial charge < -0.3 is 15.4 Å². The van der Waals surface area contributed by atoms with Gasteiger partial charge in [-0.2, -0.15) is 0 Å². The van der Waals surface area contributed by atoms with Crippen molar-refractivity contribution < 1.29 is 4.74 Å². The quantitative estimate of drug-likeness (QED) is 0.772. The van der Waals surface area contributed by atoms with Gasteiger partial charge in [0.1, 0.15) is 0 Å². The minimum absolute atomic E-state index is 0.126. The van der Waals surface area contributed by atoms with Crippen LogP contribution in [0.1, 0.15) is 19.8 Å². The molecule has 0 saturated carbocycles. The fourth-order valence-electron chi connectivity index (χ4n) is 3.21. The highest BCUT2D eigenvalue weighted by Crippen LogP contribution is 2.33. The second kappa shape index (κ2) is 5.22. The van der Waals surface area contributed by atoms with E-state index in [0.717, 1.165) is 32.7 Å². The highest BCUT2D eigenvalue weighted by Gasteiger charge is 2.43. The zero-order chi connectivity index (χ0) is 12.5. The molecule has 2 heterocycles. The van der Waals surface area contributed by atoms with E-state index in [1.807, 2.05) is 0 Å². The van der Waals surface area contributed by atoms with Gasteiger partial charge in [-0.25, -0.2) is 0 Å². The van der Waals surface area contributed by atoms with Gasteiger partial charge in [-0.15, -0.1) is 0 Å². The molecule has 3 atom stereocenters. The van der Waals surface area contributed by atoms with Crippen molar-refractivity contribution in [3.05, 3.63) is 0 Å². The van der Waals surface area contributed by atoms with E-state index in [0.29, 0.717) is 12.0 Å². The van der Waals surface area contributed by atoms with Crippen LogP contribution in [0.25, 0.3) is 0 Å². The maximum absolute atomic E-state index is 6.08. The van der Waals surface area contributed by atoms with Crippen molar-refractivity contribution in [1.82, 2.24) is 9.80 Å². The Morgan fingerprint density at radius 2 is 2.18 bits per heavy atom. The number of nitrogens with zero attached hydrogens (tertiary/aromatic N) is 2. The van der Waals surface area contributed by atoms with Crippen molar-refractivity contribution in [1.29, 1.82) is 0 Å². The summed E-state index contributed by atoms with van der Waals surface area (Å²) in [6.45, 7) is 7.18. The smallest absolute Gasteiger partial charge is 0.0513 e. The maximum atomic E-state index is 6.08. The van der Waals surface area contributed by atoms with Gasteiger partial charge >= 0.3 is 0 Å². The summed E-state index contributed by atoms with van der Waals surface area (Å²) in [6, 6.07) is 0.684. The molecule has 3 unspecified atom stereocenters. The summed E-state index contributed by atoms with van der Waals surface area (Å²) < 4.78 is 5.55. The molecule has 0 aliphatic carbocycles. The molecule has 2 aliphatic rings. The van der Waals surface area contributed by atoms with Crippen LogP contribution in [0.5, 0.6) is 0 Å². The van der Waals surface area contributed by atoms with E-state index in [2.05, 4.69) is 30.8 Å². The van der Waals surface area contributed by atoms with Gasteiger partial charge in [0.05, 0.1) is 6.61 Å². The monoisotopic (exact) mass is 241 g/mol. The van der Waals surface area contributed by atoms with Gasteiger partial charge in [-0.3, -0.25) is 4.90 Å². The zero-order valence-electron chi connectivity index (χ0n) is 11.5. The van der Waals surface area contributed by atoms with Crippen LogP contribution in [-0.4, -0.2) is 68.3 Å². The number of ether oxygens (including phenoxy) is 1. The Morgan fingerprint density at radius 3 is 2.65 bits per heavy atom. The molecule has 2 aliphatic heterocycles. The first-order valence-electron chi connectivity index (χ1n) is 6.77. The third-order valence-corrected chi connectivity index (χ3v) is 4.84. The van der Waals surface area contributed by atoms with Crippen molar-refractivity contribution in [3.63, 3.8) is 0 Å². The Balaban J connectivity index is 2.03. The van der Waals surface area contributed by atoms with Crippen LogP contribution in [-0.2, 0) is 4.74 Å². The molecular weight excluding hydrogens is 214 g/mol. The zero-order valence-corrected chi connectivity index (χ0v) is 11.5. The number of likely N-dealkylation sites (N-methyl/N-ethyl adjacent to an activating group) is 1. The molecule has 0 radical (unpaired) electrons. The summed E-state index contributed by atoms with van der Waals surface area (Å²) in [5, 5.41) is 0. The minimum Gasteiger partial charge on any atom is -0.381 e. The van der Waals surface area contributed by atoms with E-state index in [9.17, 15) is 0 Å². The summed E-state index contributed by atoms with van der Waals surface area (Å²) in [6.07, 6.45) is 2.42. The number of nitrogens with two attached hydrogens (primary N) is 1. The lowest BCUT2D eigenvalue weighted by Crippen LogP contribution is -2.56. The molecule has 2 rings (SSSR count). The summed E-state index contributed by atoms with van der Waals surface area (Å²) in [5.41, 5.74) is 6.20. The average molecular weight is 241 g/mol. The van der Waals surface area contributed by atoms with Gasteiger partial charge in [-0.05, 0) is 33.9 Å². The number of likely N-dealkylation sites (tertiary alicyclic amines) is 1. The topological polar surface area (TPSA) is 41.7 Å². The molecule has 0 amide bonds. The predicted octanol–water partition coefficient (Wildman–Crippen LogP) is 0.376. The molecular formula is C13H27N3O. The van der Waals surface area contributed by atoms with Crippen molar-refractivity contribution in [2.45, 2.75) is 31.3 Å². The van der Waals surface area contributed by atoms with Crippen LogP contribution < -0.4 is 5.73 Å². The molecule has 4 nitrogen and oxygen atoms in total. The molecule has 2 fully saturated rings. The molecule has 2 N–H and O–H groups in total. The van der Waals surface area contributed by atoms with Gasteiger partial charge in [0.15, 0.2) is 0 Å². The molecule has 4 heteroatoms. The van der Waals surface area contributed by atoms with Gasteiger partial charge in [-0.1, -0.05) is 0 Å². The molecule has 2 saturated heterocycles. The molecule has 0 spiro atoms. The minimum atomic E-state index is 0.126. The molecule has 17 heavy (non-hydrogen) atoms. The van der Waals surface area contributed by atoms with Crippen LogP contribution in [0, 0.1) is 5.92 Å². The maximum Gasteiger partial charge on any atom is 0.0513 e. The number of hydrogen-bond acceptors (Lipinski definition) is 4. The van der Waals surface area contributed by atoms with Crippen LogP contribution in [0.4, 0.5) is 0 Å². The standard InChI is InChI=1S/C13H27N3O/c1-13(10-14,11-5-7-17-9-11)16-6-4-12(8-16)15(2)3/h11-12H,4-10,14H2,1-3H3. The Hall–Kier alpha value is -0.160. The van der Waals surface area contributed by atoms with Gasteiger partial charge in [0, 0.05) is 43.7 Å². The van der Waals surface area contributed by atoms with E-state index in [1.165, 1.54) is 13.0 Å². The second-order valence-electron chi connectivity index (χ2n) is 5.97. The molecule has 0 bridgehead atoms. The van der Waals surface area contributed by atoms with Crippen molar-refractivity contribution >= 4 is 0 Å². The van der Waals surface area contributed by atoms with Crippen molar-refractivity contribution in [3.8, 4) is 0 Å². The SMILES string of the molecule is CN(C)C1CCN(C(C)(CN)C2CCOC2)C1. The summed E-state index contributed by atoms with van der Waals surface area (Å²) >= 11 is 0. The molecule has 100 valence electrons. The fourth-order valence-corrected chi connectivity index (χ4v) is 3.21. The molecule has 0 aromatic carbocycles. The summed E-state index contributed by atoms with van der Waals surface area (Å²) in [4.78, 5) is 4.93. The lowest BCUT2D eigenvalue weighted by Gasteiger charge is -2.42. The summed E-state index contributed by atoms with van der Waals surface area (Å²) in [5.74, 6) is 0.605. The number of hydrogen-bond donors (Lipinski definition) is 1. The van der Waals surface area contributed by atoms with E-state index >= 15 is 0 Å². The second-order valence-corrected chi connectivity index (χ2v) is 5.97. The van der Waals surface area contributed by atoms with E-state index in [-0.39, 0.29) is 5.54 Å². The first-order chi connectivity index (χ1) is 8.08. The van der Waals surface area contributed by atoms with Crippen molar-refractivity contribution in [2.75, 3.05) is 46.9 Å². The van der Waals surface area contributed by atoms with Gasteiger partial charge in [0.2, 0.25) is 0 Å². The molecule has 0 aromatic heterocycles. The highest BCUT2D eigenvalue weighted by atomic mass is 16.5. The largest absolute Gasteiger partial charge is 0.381 e. The highest BCUT2D eigenvalue weighted by molar-refractivity contribution is 4.99. The van der Waals surface area contributed by atoms with Crippen molar-refractivity contribution in [2.24, 2.45) is 11.7 Å². The Labute approximate surface area is 105 Å². The number of rotatable bonds is 4. The molecule has 0 aromatic rings. The first kappa shape index (κ1) is 13.3. The predicted molar refractivity (Wildman–Crippen MR) is 70.1 cm³/mol. The van der Waals surface area contributed by atoms with Crippen LogP contribution >= 0.6 is 0 Å². The van der Waals surface area contributed by atoms with Crippen LogP contribution in [0.3, 0.4) is 0 Å². The summed E-state index contributed by atoms with van der Waals surface area (Å²) in [7, 11) is 4.35. The Bertz CT molecular complexity index is 253. The lowest BCUT2D eigenvalue weighted by atomic mass is 9.83. The van der Waals surface area contributed by atoms with E-state index in [1.54, 1.807) is 0 Å². The van der Waals surface area contributed by atoms with Crippen LogP contribution in [0.15, 0.2) is 0 Å².